The van der Waals surface area contributed by atoms with E-state index in [2.05, 4.69) is 25.7 Å². The molecule has 3 heteroatoms. The van der Waals surface area contributed by atoms with Crippen molar-refractivity contribution in [3.8, 4) is 5.75 Å². The number of carbonyl (C=O) groups is 1. The Labute approximate surface area is 116 Å². The number of rotatable bonds is 7. The first-order chi connectivity index (χ1) is 9.03. The van der Waals surface area contributed by atoms with E-state index in [0.29, 0.717) is 0 Å². The van der Waals surface area contributed by atoms with E-state index in [1.54, 1.807) is 7.11 Å². The topological polar surface area (TPSA) is 29.5 Å². The highest BCUT2D eigenvalue weighted by Crippen LogP contribution is 2.25. The Morgan fingerprint density at radius 1 is 1.16 bits per heavy atom. The van der Waals surface area contributed by atoms with Gasteiger partial charge in [0.2, 0.25) is 0 Å². The monoisotopic (exact) mass is 263 g/mol. The maximum atomic E-state index is 12.8. The van der Waals surface area contributed by atoms with Gasteiger partial charge in [-0.1, -0.05) is 20.8 Å². The summed E-state index contributed by atoms with van der Waals surface area (Å²) in [6.07, 6.45) is 0.805. The molecule has 0 bridgehead atoms. The van der Waals surface area contributed by atoms with Crippen molar-refractivity contribution >= 4 is 5.78 Å². The van der Waals surface area contributed by atoms with E-state index in [1.165, 1.54) is 0 Å². The fraction of sp³-hybridized carbons (Fsp3) is 0.562. The predicted octanol–water partition coefficient (Wildman–Crippen LogP) is 3.39. The number of likely N-dealkylation sites (N-methyl/N-ethyl adjacent to an activating group) is 1. The quantitative estimate of drug-likeness (QED) is 0.706. The average Bonchev–Trinajstić information content (AvgIpc) is 2.47. The van der Waals surface area contributed by atoms with Crippen LogP contribution in [-0.2, 0) is 0 Å². The minimum Gasteiger partial charge on any atom is -0.497 e. The zero-order valence-electron chi connectivity index (χ0n) is 12.7. The molecule has 0 fully saturated rings. The molecule has 0 heterocycles. The van der Waals surface area contributed by atoms with Crippen molar-refractivity contribution < 1.29 is 9.53 Å². The Bertz CT molecular complexity index is 409. The second-order valence-corrected chi connectivity index (χ2v) is 4.86. The molecular weight excluding hydrogens is 238 g/mol. The fourth-order valence-corrected chi connectivity index (χ4v) is 2.50. The van der Waals surface area contributed by atoms with Crippen molar-refractivity contribution in [2.75, 3.05) is 20.2 Å². The molecule has 0 N–H and O–H groups in total. The van der Waals surface area contributed by atoms with E-state index in [9.17, 15) is 4.79 Å². The molecule has 0 aliphatic rings. The van der Waals surface area contributed by atoms with Gasteiger partial charge < -0.3 is 4.74 Å². The third kappa shape index (κ3) is 3.16. The van der Waals surface area contributed by atoms with Crippen molar-refractivity contribution in [1.29, 1.82) is 0 Å². The highest BCUT2D eigenvalue weighted by atomic mass is 16.5. The third-order valence-corrected chi connectivity index (χ3v) is 3.99. The lowest BCUT2D eigenvalue weighted by Crippen LogP contribution is -2.51. The molecule has 0 saturated heterocycles. The van der Waals surface area contributed by atoms with Gasteiger partial charge in [-0.2, -0.15) is 0 Å². The summed E-state index contributed by atoms with van der Waals surface area (Å²) in [4.78, 5) is 15.0. The van der Waals surface area contributed by atoms with Crippen LogP contribution in [0.5, 0.6) is 5.75 Å². The molecule has 0 radical (unpaired) electrons. The zero-order chi connectivity index (χ0) is 14.5. The largest absolute Gasteiger partial charge is 0.497 e. The average molecular weight is 263 g/mol. The van der Waals surface area contributed by atoms with Gasteiger partial charge in [-0.3, -0.25) is 9.69 Å². The smallest absolute Gasteiger partial charge is 0.182 e. The molecule has 1 unspecified atom stereocenters. The van der Waals surface area contributed by atoms with E-state index in [-0.39, 0.29) is 5.78 Å². The Hall–Kier alpha value is -1.35. The van der Waals surface area contributed by atoms with Crippen LogP contribution >= 0.6 is 0 Å². The van der Waals surface area contributed by atoms with E-state index >= 15 is 0 Å². The zero-order valence-corrected chi connectivity index (χ0v) is 12.7. The number of ether oxygens (including phenoxy) is 1. The number of methoxy groups -OCH3 is 1. The summed E-state index contributed by atoms with van der Waals surface area (Å²) >= 11 is 0. The van der Waals surface area contributed by atoms with Crippen LogP contribution in [0.15, 0.2) is 24.3 Å². The number of benzene rings is 1. The van der Waals surface area contributed by atoms with Crippen molar-refractivity contribution in [3.63, 3.8) is 0 Å². The van der Waals surface area contributed by atoms with Crippen LogP contribution in [-0.4, -0.2) is 36.4 Å². The number of hydrogen-bond donors (Lipinski definition) is 0. The third-order valence-electron chi connectivity index (χ3n) is 3.99. The number of Topliss-reactive ketones (excluding diaryl/α,β-unsaturated/α-hetero) is 1. The molecule has 0 aromatic heterocycles. The molecule has 1 aromatic carbocycles. The molecule has 1 atom stereocenters. The van der Waals surface area contributed by atoms with Crippen molar-refractivity contribution in [2.24, 2.45) is 0 Å². The number of hydrogen-bond acceptors (Lipinski definition) is 3. The van der Waals surface area contributed by atoms with Crippen LogP contribution in [0, 0.1) is 0 Å². The Morgan fingerprint density at radius 2 is 1.68 bits per heavy atom. The second-order valence-electron chi connectivity index (χ2n) is 4.86. The summed E-state index contributed by atoms with van der Waals surface area (Å²) in [6.45, 7) is 10.1. The first kappa shape index (κ1) is 15.7. The lowest BCUT2D eigenvalue weighted by molar-refractivity contribution is 0.0608. The maximum absolute atomic E-state index is 12.8. The summed E-state index contributed by atoms with van der Waals surface area (Å²) in [7, 11) is 1.63. The summed E-state index contributed by atoms with van der Waals surface area (Å²) in [5.74, 6) is 0.957. The fourth-order valence-electron chi connectivity index (χ4n) is 2.50. The molecule has 0 spiro atoms. The highest BCUT2D eigenvalue weighted by Gasteiger charge is 2.36. The summed E-state index contributed by atoms with van der Waals surface area (Å²) < 4.78 is 5.13. The second kappa shape index (κ2) is 6.71. The van der Waals surface area contributed by atoms with Gasteiger partial charge in [-0.15, -0.1) is 0 Å². The SMILES string of the molecule is CCN(CC)C(C)(CC)C(=O)c1ccc(OC)cc1. The van der Waals surface area contributed by atoms with Crippen molar-refractivity contribution in [3.05, 3.63) is 29.8 Å². The highest BCUT2D eigenvalue weighted by molar-refractivity contribution is 6.03. The number of ketones is 1. The molecule has 0 saturated carbocycles. The van der Waals surface area contributed by atoms with Crippen LogP contribution in [0.3, 0.4) is 0 Å². The Balaban J connectivity index is 3.06. The van der Waals surface area contributed by atoms with E-state index < -0.39 is 5.54 Å². The molecule has 0 aliphatic carbocycles. The van der Waals surface area contributed by atoms with Crippen LogP contribution in [0.25, 0.3) is 0 Å². The minimum absolute atomic E-state index is 0.182. The summed E-state index contributed by atoms with van der Waals surface area (Å²) in [6, 6.07) is 7.37. The van der Waals surface area contributed by atoms with Gasteiger partial charge in [-0.25, -0.2) is 0 Å². The Morgan fingerprint density at radius 3 is 2.05 bits per heavy atom. The molecule has 1 aromatic rings. The van der Waals surface area contributed by atoms with Gasteiger partial charge in [0.25, 0.3) is 0 Å². The molecule has 1 rings (SSSR count). The van der Waals surface area contributed by atoms with Crippen molar-refractivity contribution in [1.82, 2.24) is 4.90 Å². The van der Waals surface area contributed by atoms with E-state index in [4.69, 9.17) is 4.74 Å². The van der Waals surface area contributed by atoms with Gasteiger partial charge >= 0.3 is 0 Å². The molecule has 0 aliphatic heterocycles. The standard InChI is InChI=1S/C16H25NO2/c1-6-16(4,17(7-2)8-3)15(18)13-9-11-14(19-5)12-10-13/h9-12H,6-8H2,1-5H3. The lowest BCUT2D eigenvalue weighted by atomic mass is 9.86. The minimum atomic E-state index is -0.432. The molecule has 0 amide bonds. The molecular formula is C16H25NO2. The van der Waals surface area contributed by atoms with Crippen LogP contribution < -0.4 is 4.74 Å². The van der Waals surface area contributed by atoms with Crippen LogP contribution in [0.1, 0.15) is 44.5 Å². The maximum Gasteiger partial charge on any atom is 0.182 e. The molecule has 19 heavy (non-hydrogen) atoms. The van der Waals surface area contributed by atoms with E-state index in [1.807, 2.05) is 31.2 Å². The van der Waals surface area contributed by atoms with Gasteiger partial charge in [0.05, 0.1) is 12.6 Å². The summed E-state index contributed by atoms with van der Waals surface area (Å²) in [5.41, 5.74) is 0.315. The van der Waals surface area contributed by atoms with Crippen LogP contribution in [0.4, 0.5) is 0 Å². The van der Waals surface area contributed by atoms with Gasteiger partial charge in [0, 0.05) is 5.56 Å². The first-order valence-corrected chi connectivity index (χ1v) is 6.97. The predicted molar refractivity (Wildman–Crippen MR) is 78.9 cm³/mol. The lowest BCUT2D eigenvalue weighted by Gasteiger charge is -2.38. The number of carbonyl (C=O) groups excluding carboxylic acids is 1. The van der Waals surface area contributed by atoms with Gasteiger partial charge in [-0.05, 0) is 50.7 Å². The number of nitrogens with zero attached hydrogens (tertiary/aromatic N) is 1. The normalized spacial score (nSPS) is 14.2. The first-order valence-electron chi connectivity index (χ1n) is 6.97. The summed E-state index contributed by atoms with van der Waals surface area (Å²) in [5, 5.41) is 0. The molecule has 106 valence electrons. The Kier molecular flexibility index (Phi) is 5.55. The van der Waals surface area contributed by atoms with Gasteiger partial charge in [0.15, 0.2) is 5.78 Å². The van der Waals surface area contributed by atoms with Crippen LogP contribution in [0.2, 0.25) is 0 Å². The van der Waals surface area contributed by atoms with Crippen molar-refractivity contribution in [2.45, 2.75) is 39.7 Å². The molecule has 3 nitrogen and oxygen atoms in total. The van der Waals surface area contributed by atoms with Gasteiger partial charge in [0.1, 0.15) is 5.75 Å². The van der Waals surface area contributed by atoms with E-state index in [0.717, 1.165) is 30.8 Å².